The zero-order valence-electron chi connectivity index (χ0n) is 13.5. The van der Waals surface area contributed by atoms with Crippen molar-refractivity contribution in [2.45, 2.75) is 26.2 Å². The number of aliphatic imine (C=N–C) groups is 1. The zero-order valence-corrected chi connectivity index (χ0v) is 15.0. The third kappa shape index (κ3) is 9.26. The molecule has 126 valence electrons. The summed E-state index contributed by atoms with van der Waals surface area (Å²) in [7, 11) is 1.73. The van der Waals surface area contributed by atoms with Crippen LogP contribution in [0.4, 0.5) is 4.79 Å². The van der Waals surface area contributed by atoms with Crippen molar-refractivity contribution in [2.75, 3.05) is 20.1 Å². The van der Waals surface area contributed by atoms with Gasteiger partial charge in [-0.15, -0.1) is 0 Å². The van der Waals surface area contributed by atoms with Crippen molar-refractivity contribution in [2.24, 2.45) is 4.99 Å². The number of rotatable bonds is 7. The summed E-state index contributed by atoms with van der Waals surface area (Å²) in [5, 5.41) is 7.07. The molecule has 0 aliphatic heterocycles. The fraction of sp³-hybridized carbons (Fsp3) is 0.412. The summed E-state index contributed by atoms with van der Waals surface area (Å²) in [5.41, 5.74) is 2.21. The number of nitrogens with one attached hydrogen (secondary N) is 2. The zero-order chi connectivity index (χ0) is 17.1. The van der Waals surface area contributed by atoms with E-state index in [4.69, 9.17) is 23.2 Å². The maximum Gasteiger partial charge on any atom is 0.314 e. The molecule has 0 aromatic carbocycles. The molecule has 4 nitrogen and oxygen atoms in total. The molecule has 0 unspecified atom stereocenters. The Morgan fingerprint density at radius 3 is 2.74 bits per heavy atom. The van der Waals surface area contributed by atoms with Crippen molar-refractivity contribution in [3.8, 4) is 0 Å². The minimum atomic E-state index is -0.167. The lowest BCUT2D eigenvalue weighted by Gasteiger charge is -2.08. The highest BCUT2D eigenvalue weighted by Crippen LogP contribution is 2.24. The van der Waals surface area contributed by atoms with Crippen LogP contribution in [0.1, 0.15) is 26.2 Å². The second-order valence-electron chi connectivity index (χ2n) is 5.23. The molecule has 2 N–H and O–H groups in total. The van der Waals surface area contributed by atoms with Crippen LogP contribution >= 0.6 is 23.2 Å². The van der Waals surface area contributed by atoms with Crippen molar-refractivity contribution in [3.63, 3.8) is 0 Å². The van der Waals surface area contributed by atoms with Gasteiger partial charge in [-0.1, -0.05) is 34.9 Å². The Kier molecular flexibility index (Phi) is 9.41. The molecule has 23 heavy (non-hydrogen) atoms. The minimum absolute atomic E-state index is 0.167. The van der Waals surface area contributed by atoms with Crippen molar-refractivity contribution in [1.82, 2.24) is 10.6 Å². The number of urea groups is 1. The minimum Gasteiger partial charge on any atom is -0.338 e. The molecule has 1 aliphatic rings. The molecule has 1 rings (SSSR count). The number of carbonyl (C=O) groups is 1. The van der Waals surface area contributed by atoms with E-state index in [2.05, 4.69) is 15.6 Å². The maximum atomic E-state index is 11.7. The number of amides is 2. The summed E-state index contributed by atoms with van der Waals surface area (Å²) in [5.74, 6) is 0. The molecule has 2 amide bonds. The SMILES string of the molecule is CN=C/C=C(\C)CCNC(=O)NCCC1=CC=C(Cl)CC(Cl)=C1. The molecule has 0 spiro atoms. The lowest BCUT2D eigenvalue weighted by atomic mass is 10.1. The van der Waals surface area contributed by atoms with E-state index < -0.39 is 0 Å². The summed E-state index contributed by atoms with van der Waals surface area (Å²) in [4.78, 5) is 15.6. The normalized spacial score (nSPS) is 15.7. The van der Waals surface area contributed by atoms with Gasteiger partial charge >= 0.3 is 6.03 Å². The predicted octanol–water partition coefficient (Wildman–Crippen LogP) is 4.29. The smallest absolute Gasteiger partial charge is 0.314 e. The van der Waals surface area contributed by atoms with E-state index in [0.717, 1.165) is 12.0 Å². The molecule has 0 atom stereocenters. The average Bonchev–Trinajstić information content (AvgIpc) is 2.65. The fourth-order valence-corrected chi connectivity index (χ4v) is 2.47. The predicted molar refractivity (Wildman–Crippen MR) is 99.4 cm³/mol. The summed E-state index contributed by atoms with van der Waals surface area (Å²) >= 11 is 12.0. The Balaban J connectivity index is 2.25. The Morgan fingerprint density at radius 1 is 1.26 bits per heavy atom. The molecule has 0 saturated heterocycles. The van der Waals surface area contributed by atoms with Gasteiger partial charge in [0.1, 0.15) is 0 Å². The van der Waals surface area contributed by atoms with E-state index in [-0.39, 0.29) is 6.03 Å². The van der Waals surface area contributed by atoms with Gasteiger partial charge in [0.15, 0.2) is 0 Å². The van der Waals surface area contributed by atoms with E-state index >= 15 is 0 Å². The standard InChI is InChI=1S/C17H23Cl2N3O/c1-13(5-8-20-2)6-9-21-17(23)22-10-7-14-3-4-15(18)12-16(19)11-14/h3-5,8,11H,6-7,9-10,12H2,1-2H3,(H2,21,22,23)/b13-5+,20-8?. The van der Waals surface area contributed by atoms with Crippen LogP contribution in [0.3, 0.4) is 0 Å². The van der Waals surface area contributed by atoms with E-state index in [0.29, 0.717) is 36.0 Å². The first kappa shape index (κ1) is 19.5. The summed E-state index contributed by atoms with van der Waals surface area (Å²) in [6, 6.07) is -0.167. The number of hydrogen-bond acceptors (Lipinski definition) is 2. The third-order valence-corrected chi connectivity index (χ3v) is 3.67. The van der Waals surface area contributed by atoms with Crippen LogP contribution < -0.4 is 10.6 Å². The molecule has 0 fully saturated rings. The number of allylic oxidation sites excluding steroid dienone is 6. The Morgan fingerprint density at radius 2 is 2.00 bits per heavy atom. The number of carbonyl (C=O) groups excluding carboxylic acids is 1. The van der Waals surface area contributed by atoms with Crippen LogP contribution in [0, 0.1) is 0 Å². The third-order valence-electron chi connectivity index (χ3n) is 3.17. The first-order valence-electron chi connectivity index (χ1n) is 7.52. The van der Waals surface area contributed by atoms with Gasteiger partial charge in [0.05, 0.1) is 0 Å². The van der Waals surface area contributed by atoms with Gasteiger partial charge in [0.25, 0.3) is 0 Å². The van der Waals surface area contributed by atoms with E-state index in [1.54, 1.807) is 13.3 Å². The lowest BCUT2D eigenvalue weighted by Crippen LogP contribution is -2.36. The van der Waals surface area contributed by atoms with Crippen LogP contribution in [0.2, 0.25) is 0 Å². The van der Waals surface area contributed by atoms with Crippen LogP contribution in [-0.2, 0) is 0 Å². The summed E-state index contributed by atoms with van der Waals surface area (Å²) in [6.45, 7) is 3.15. The average molecular weight is 356 g/mol. The molecular weight excluding hydrogens is 333 g/mol. The van der Waals surface area contributed by atoms with Crippen LogP contribution in [0.5, 0.6) is 0 Å². The molecule has 0 heterocycles. The summed E-state index contributed by atoms with van der Waals surface area (Å²) < 4.78 is 0. The molecule has 0 aromatic heterocycles. The number of hydrogen-bond donors (Lipinski definition) is 2. The molecule has 0 radical (unpaired) electrons. The summed E-state index contributed by atoms with van der Waals surface area (Å²) in [6.07, 6.45) is 11.4. The van der Waals surface area contributed by atoms with E-state index in [1.807, 2.05) is 31.2 Å². The quantitative estimate of drug-likeness (QED) is 0.657. The fourth-order valence-electron chi connectivity index (χ4n) is 1.91. The molecule has 6 heteroatoms. The first-order valence-corrected chi connectivity index (χ1v) is 8.27. The second-order valence-corrected chi connectivity index (χ2v) is 6.20. The van der Waals surface area contributed by atoms with E-state index in [9.17, 15) is 4.79 Å². The lowest BCUT2D eigenvalue weighted by molar-refractivity contribution is 0.241. The van der Waals surface area contributed by atoms with Gasteiger partial charge in [-0.25, -0.2) is 4.79 Å². The van der Waals surface area contributed by atoms with Crippen molar-refractivity contribution < 1.29 is 4.79 Å². The second kappa shape index (κ2) is 11.1. The molecule has 0 bridgehead atoms. The van der Waals surface area contributed by atoms with Crippen molar-refractivity contribution in [1.29, 1.82) is 0 Å². The van der Waals surface area contributed by atoms with Crippen LogP contribution in [0.25, 0.3) is 0 Å². The Labute approximate surface area is 148 Å². The highest BCUT2D eigenvalue weighted by Gasteiger charge is 2.05. The van der Waals surface area contributed by atoms with Gasteiger partial charge in [-0.3, -0.25) is 4.99 Å². The Bertz CT molecular complexity index is 560. The van der Waals surface area contributed by atoms with Gasteiger partial charge in [-0.2, -0.15) is 0 Å². The van der Waals surface area contributed by atoms with Crippen LogP contribution in [-0.4, -0.2) is 32.4 Å². The molecule has 0 saturated carbocycles. The number of nitrogens with zero attached hydrogens (tertiary/aromatic N) is 1. The van der Waals surface area contributed by atoms with Crippen LogP contribution in [0.15, 0.2) is 50.5 Å². The van der Waals surface area contributed by atoms with E-state index in [1.165, 1.54) is 5.57 Å². The molecule has 1 aliphatic carbocycles. The van der Waals surface area contributed by atoms with Gasteiger partial charge in [-0.05, 0) is 43.6 Å². The maximum absolute atomic E-state index is 11.7. The Hall–Kier alpha value is -1.52. The number of halogens is 2. The van der Waals surface area contributed by atoms with Crippen molar-refractivity contribution in [3.05, 3.63) is 45.5 Å². The monoisotopic (exact) mass is 355 g/mol. The van der Waals surface area contributed by atoms with Gasteiger partial charge < -0.3 is 10.6 Å². The molecular formula is C17H23Cl2N3O. The molecule has 0 aromatic rings. The van der Waals surface area contributed by atoms with Gasteiger partial charge in [0, 0.05) is 42.8 Å². The largest absolute Gasteiger partial charge is 0.338 e. The van der Waals surface area contributed by atoms with Gasteiger partial charge in [0.2, 0.25) is 0 Å². The highest BCUT2D eigenvalue weighted by molar-refractivity contribution is 6.34. The highest BCUT2D eigenvalue weighted by atomic mass is 35.5. The van der Waals surface area contributed by atoms with Crippen molar-refractivity contribution >= 4 is 35.4 Å². The topological polar surface area (TPSA) is 53.5 Å². The first-order chi connectivity index (χ1) is 11.0.